The Labute approximate surface area is 124 Å². The fourth-order valence-electron chi connectivity index (χ4n) is 2.11. The largest absolute Gasteiger partial charge is 0.493 e. The minimum Gasteiger partial charge on any atom is -0.493 e. The first-order valence-corrected chi connectivity index (χ1v) is 8.06. The molecule has 0 spiro atoms. The van der Waals surface area contributed by atoms with Crippen LogP contribution in [0.25, 0.3) is 0 Å². The van der Waals surface area contributed by atoms with Gasteiger partial charge in [-0.15, -0.1) is 0 Å². The van der Waals surface area contributed by atoms with Crippen LogP contribution in [0.2, 0.25) is 0 Å². The molecule has 2 rings (SSSR count). The number of ether oxygens (including phenoxy) is 1. The molecule has 2 N–H and O–H groups in total. The van der Waals surface area contributed by atoms with Crippen LogP contribution in [0.1, 0.15) is 16.7 Å². The van der Waals surface area contributed by atoms with E-state index in [1.807, 2.05) is 13.2 Å². The quantitative estimate of drug-likeness (QED) is 0.902. The van der Waals surface area contributed by atoms with Crippen molar-refractivity contribution in [1.29, 1.82) is 0 Å². The van der Waals surface area contributed by atoms with Crippen molar-refractivity contribution >= 4 is 10.0 Å². The molecule has 6 nitrogen and oxygen atoms in total. The van der Waals surface area contributed by atoms with E-state index in [1.54, 1.807) is 36.9 Å². The zero-order valence-electron chi connectivity index (χ0n) is 12.3. The third kappa shape index (κ3) is 3.83. The summed E-state index contributed by atoms with van der Waals surface area (Å²) in [5.41, 5.74) is 2.42. The van der Waals surface area contributed by atoms with Gasteiger partial charge in [0.05, 0.1) is 17.7 Å². The first-order chi connectivity index (χ1) is 9.77. The zero-order chi connectivity index (χ0) is 15.6. The number of nitrogens with two attached hydrogens (primary N) is 1. The second-order valence-electron chi connectivity index (χ2n) is 5.05. The predicted molar refractivity (Wildman–Crippen MR) is 79.7 cm³/mol. The van der Waals surface area contributed by atoms with E-state index < -0.39 is 10.0 Å². The molecule has 21 heavy (non-hydrogen) atoms. The molecule has 2 aromatic rings. The van der Waals surface area contributed by atoms with E-state index in [0.29, 0.717) is 17.9 Å². The third-order valence-corrected chi connectivity index (χ3v) is 4.24. The number of benzene rings is 1. The topological polar surface area (TPSA) is 87.2 Å². The number of aryl methyl sites for hydroxylation is 3. The van der Waals surface area contributed by atoms with Crippen molar-refractivity contribution < 1.29 is 13.2 Å². The predicted octanol–water partition coefficient (Wildman–Crippen LogP) is 1.31. The van der Waals surface area contributed by atoms with E-state index in [0.717, 1.165) is 17.5 Å². The first-order valence-electron chi connectivity index (χ1n) is 6.52. The lowest BCUT2D eigenvalue weighted by Crippen LogP contribution is -2.14. The van der Waals surface area contributed by atoms with Crippen molar-refractivity contribution in [3.63, 3.8) is 0 Å². The van der Waals surface area contributed by atoms with Crippen molar-refractivity contribution in [2.45, 2.75) is 25.2 Å². The number of hydrogen-bond donors (Lipinski definition) is 1. The molecule has 114 valence electrons. The highest BCUT2D eigenvalue weighted by Crippen LogP contribution is 2.25. The molecule has 0 bridgehead atoms. The van der Waals surface area contributed by atoms with Gasteiger partial charge in [-0.1, -0.05) is 0 Å². The molecule has 0 aliphatic carbocycles. The molecule has 1 aromatic heterocycles. The Balaban J connectivity index is 2.09. The van der Waals surface area contributed by atoms with E-state index in [4.69, 9.17) is 9.88 Å². The second kappa shape index (κ2) is 5.87. The van der Waals surface area contributed by atoms with Gasteiger partial charge in [0.1, 0.15) is 5.75 Å². The minimum atomic E-state index is -3.70. The monoisotopic (exact) mass is 309 g/mol. The smallest absolute Gasteiger partial charge is 0.238 e. The molecular weight excluding hydrogens is 290 g/mol. The second-order valence-corrected chi connectivity index (χ2v) is 6.58. The van der Waals surface area contributed by atoms with E-state index in [2.05, 4.69) is 5.10 Å². The van der Waals surface area contributed by atoms with Gasteiger partial charge in [-0.3, -0.25) is 4.68 Å². The van der Waals surface area contributed by atoms with Gasteiger partial charge in [0.15, 0.2) is 0 Å². The van der Waals surface area contributed by atoms with E-state index in [1.165, 1.54) is 0 Å². The van der Waals surface area contributed by atoms with Gasteiger partial charge in [0.25, 0.3) is 0 Å². The maximum atomic E-state index is 11.4. The van der Waals surface area contributed by atoms with E-state index >= 15 is 0 Å². The SMILES string of the molecule is Cc1cc(S(N)(=O)=O)c(C)cc1OCCc1cnn(C)c1. The van der Waals surface area contributed by atoms with Gasteiger partial charge in [0, 0.05) is 19.7 Å². The van der Waals surface area contributed by atoms with Gasteiger partial charge in [-0.05, 0) is 42.7 Å². The molecule has 0 aliphatic rings. The Bertz CT molecular complexity index is 751. The van der Waals surface area contributed by atoms with Crippen LogP contribution in [0.5, 0.6) is 5.75 Å². The van der Waals surface area contributed by atoms with Crippen LogP contribution in [0.15, 0.2) is 29.4 Å². The summed E-state index contributed by atoms with van der Waals surface area (Å²) >= 11 is 0. The van der Waals surface area contributed by atoms with Gasteiger partial charge < -0.3 is 4.74 Å². The van der Waals surface area contributed by atoms with Crippen LogP contribution in [0, 0.1) is 13.8 Å². The Hall–Kier alpha value is -1.86. The van der Waals surface area contributed by atoms with Gasteiger partial charge in [-0.2, -0.15) is 5.10 Å². The standard InChI is InChI=1S/C14H19N3O3S/c1-10-7-14(21(15,18)19)11(2)6-13(10)20-5-4-12-8-16-17(3)9-12/h6-9H,4-5H2,1-3H3,(H2,15,18,19). The average molecular weight is 309 g/mol. The summed E-state index contributed by atoms with van der Waals surface area (Å²) in [4.78, 5) is 0.139. The van der Waals surface area contributed by atoms with Crippen LogP contribution in [-0.2, 0) is 23.5 Å². The van der Waals surface area contributed by atoms with Crippen LogP contribution in [-0.4, -0.2) is 24.8 Å². The molecule has 1 heterocycles. The number of rotatable bonds is 5. The maximum absolute atomic E-state index is 11.4. The molecular formula is C14H19N3O3S. The normalized spacial score (nSPS) is 11.6. The van der Waals surface area contributed by atoms with Gasteiger partial charge in [0.2, 0.25) is 10.0 Å². The Morgan fingerprint density at radius 3 is 2.57 bits per heavy atom. The minimum absolute atomic E-state index is 0.139. The summed E-state index contributed by atoms with van der Waals surface area (Å²) in [7, 11) is -1.84. The Morgan fingerprint density at radius 1 is 1.29 bits per heavy atom. The van der Waals surface area contributed by atoms with Crippen LogP contribution in [0.4, 0.5) is 0 Å². The maximum Gasteiger partial charge on any atom is 0.238 e. The average Bonchev–Trinajstić information content (AvgIpc) is 2.77. The summed E-state index contributed by atoms with van der Waals surface area (Å²) in [5.74, 6) is 0.670. The first kappa shape index (κ1) is 15.5. The summed E-state index contributed by atoms with van der Waals surface area (Å²) in [5, 5.41) is 9.27. The molecule has 0 saturated heterocycles. The number of aromatic nitrogens is 2. The Kier molecular flexibility index (Phi) is 4.34. The number of hydrogen-bond acceptors (Lipinski definition) is 4. The van der Waals surface area contributed by atoms with Crippen molar-refractivity contribution in [2.24, 2.45) is 12.2 Å². The lowest BCUT2D eigenvalue weighted by atomic mass is 10.1. The van der Waals surface area contributed by atoms with Crippen LogP contribution < -0.4 is 9.88 Å². The van der Waals surface area contributed by atoms with Crippen molar-refractivity contribution in [3.8, 4) is 5.75 Å². The summed E-state index contributed by atoms with van der Waals surface area (Å²) < 4.78 is 30.4. The van der Waals surface area contributed by atoms with E-state index in [9.17, 15) is 8.42 Å². The molecule has 1 aromatic carbocycles. The lowest BCUT2D eigenvalue weighted by Gasteiger charge is -2.12. The molecule has 0 aliphatic heterocycles. The fourth-order valence-corrected chi connectivity index (χ4v) is 2.95. The number of nitrogens with zero attached hydrogens (tertiary/aromatic N) is 2. The van der Waals surface area contributed by atoms with Crippen LogP contribution >= 0.6 is 0 Å². The zero-order valence-corrected chi connectivity index (χ0v) is 13.1. The molecule has 0 amide bonds. The van der Waals surface area contributed by atoms with E-state index in [-0.39, 0.29) is 4.90 Å². The number of primary sulfonamides is 1. The highest BCUT2D eigenvalue weighted by Gasteiger charge is 2.14. The van der Waals surface area contributed by atoms with Crippen molar-refractivity contribution in [3.05, 3.63) is 41.2 Å². The highest BCUT2D eigenvalue weighted by molar-refractivity contribution is 7.89. The molecule has 0 saturated carbocycles. The van der Waals surface area contributed by atoms with Crippen molar-refractivity contribution in [2.75, 3.05) is 6.61 Å². The summed E-state index contributed by atoms with van der Waals surface area (Å²) in [6, 6.07) is 3.25. The van der Waals surface area contributed by atoms with Gasteiger partial charge >= 0.3 is 0 Å². The summed E-state index contributed by atoms with van der Waals surface area (Å²) in [6.45, 7) is 4.00. The summed E-state index contributed by atoms with van der Waals surface area (Å²) in [6.07, 6.45) is 4.47. The molecule has 0 fully saturated rings. The molecule has 7 heteroatoms. The highest BCUT2D eigenvalue weighted by atomic mass is 32.2. The molecule has 0 atom stereocenters. The number of sulfonamides is 1. The Morgan fingerprint density at radius 2 is 2.00 bits per heavy atom. The molecule has 0 unspecified atom stereocenters. The van der Waals surface area contributed by atoms with Crippen LogP contribution in [0.3, 0.4) is 0 Å². The fraction of sp³-hybridized carbons (Fsp3) is 0.357. The molecule has 0 radical (unpaired) electrons. The third-order valence-electron chi connectivity index (χ3n) is 3.19. The van der Waals surface area contributed by atoms with Crippen molar-refractivity contribution in [1.82, 2.24) is 9.78 Å². The lowest BCUT2D eigenvalue weighted by molar-refractivity contribution is 0.319. The van der Waals surface area contributed by atoms with Gasteiger partial charge in [-0.25, -0.2) is 13.6 Å².